The van der Waals surface area contributed by atoms with Gasteiger partial charge in [0.1, 0.15) is 6.61 Å². The summed E-state index contributed by atoms with van der Waals surface area (Å²) in [4.78, 5) is 13.1. The lowest BCUT2D eigenvalue weighted by molar-refractivity contribution is -0.123. The van der Waals surface area contributed by atoms with Gasteiger partial charge in [-0.2, -0.15) is 0 Å². The second-order valence-corrected chi connectivity index (χ2v) is 3.49. The van der Waals surface area contributed by atoms with Gasteiger partial charge in [-0.3, -0.25) is 9.69 Å². The van der Waals surface area contributed by atoms with Gasteiger partial charge in [-0.1, -0.05) is 0 Å². The summed E-state index contributed by atoms with van der Waals surface area (Å²) in [5.74, 6) is 0.108. The van der Waals surface area contributed by atoms with Crippen molar-refractivity contribution in [1.29, 1.82) is 0 Å². The van der Waals surface area contributed by atoms with Gasteiger partial charge in [-0.05, 0) is 32.9 Å². The van der Waals surface area contributed by atoms with Gasteiger partial charge in [-0.15, -0.1) is 0 Å². The molecule has 4 nitrogen and oxygen atoms in total. The van der Waals surface area contributed by atoms with Crippen LogP contribution in [0, 0.1) is 0 Å². The Morgan fingerprint density at radius 2 is 2.07 bits per heavy atom. The van der Waals surface area contributed by atoms with Crippen molar-refractivity contribution in [1.82, 2.24) is 4.90 Å². The molecule has 0 radical (unpaired) electrons. The highest BCUT2D eigenvalue weighted by atomic mass is 16.5. The molecule has 0 bridgehead atoms. The van der Waals surface area contributed by atoms with E-state index in [-0.39, 0.29) is 19.0 Å². The molecular formula is C10H21NO3. The van der Waals surface area contributed by atoms with Crippen LogP contribution in [0.1, 0.15) is 19.3 Å². The van der Waals surface area contributed by atoms with Crippen LogP contribution in [-0.2, 0) is 9.53 Å². The molecule has 0 amide bonds. The van der Waals surface area contributed by atoms with Crippen LogP contribution in [0.25, 0.3) is 0 Å². The number of hydrogen-bond acceptors (Lipinski definition) is 4. The van der Waals surface area contributed by atoms with Gasteiger partial charge < -0.3 is 9.84 Å². The lowest BCUT2D eigenvalue weighted by Gasteiger charge is -2.14. The highest BCUT2D eigenvalue weighted by Gasteiger charge is 2.05. The first kappa shape index (κ1) is 13.5. The number of aliphatic hydroxyl groups is 1. The number of Topliss-reactive ketones (excluding diaryl/α,β-unsaturated/α-hetero) is 1. The number of carbonyl (C=O) groups is 1. The van der Waals surface area contributed by atoms with E-state index < -0.39 is 0 Å². The SMILES string of the molecule is COCC(=O)CN(C)CCCCCO. The molecule has 0 unspecified atom stereocenters. The Balaban J connectivity index is 3.35. The quantitative estimate of drug-likeness (QED) is 0.547. The Morgan fingerprint density at radius 1 is 1.36 bits per heavy atom. The predicted molar refractivity (Wildman–Crippen MR) is 55.3 cm³/mol. The first-order valence-corrected chi connectivity index (χ1v) is 5.00. The van der Waals surface area contributed by atoms with Gasteiger partial charge in [0.15, 0.2) is 5.78 Å². The van der Waals surface area contributed by atoms with Gasteiger partial charge in [0.05, 0.1) is 6.54 Å². The number of carbonyl (C=O) groups excluding carboxylic acids is 1. The average molecular weight is 203 g/mol. The molecule has 0 fully saturated rings. The predicted octanol–water partition coefficient (Wildman–Crippen LogP) is 0.296. The molecule has 0 aromatic rings. The highest BCUT2D eigenvalue weighted by molar-refractivity contribution is 5.81. The first-order chi connectivity index (χ1) is 6.70. The zero-order chi connectivity index (χ0) is 10.8. The van der Waals surface area contributed by atoms with Crippen LogP contribution in [0.5, 0.6) is 0 Å². The maximum Gasteiger partial charge on any atom is 0.172 e. The minimum atomic E-state index is 0.108. The Labute approximate surface area is 85.9 Å². The van der Waals surface area contributed by atoms with Crippen LogP contribution in [0.4, 0.5) is 0 Å². The second-order valence-electron chi connectivity index (χ2n) is 3.49. The summed E-state index contributed by atoms with van der Waals surface area (Å²) in [6.07, 6.45) is 2.89. The lowest BCUT2D eigenvalue weighted by atomic mass is 10.2. The maximum absolute atomic E-state index is 11.1. The van der Waals surface area contributed by atoms with E-state index >= 15 is 0 Å². The smallest absolute Gasteiger partial charge is 0.172 e. The van der Waals surface area contributed by atoms with E-state index in [0.717, 1.165) is 25.8 Å². The third kappa shape index (κ3) is 8.16. The van der Waals surface area contributed by atoms with Crippen LogP contribution in [0.2, 0.25) is 0 Å². The van der Waals surface area contributed by atoms with Gasteiger partial charge >= 0.3 is 0 Å². The Bertz CT molecular complexity index is 150. The molecule has 0 aliphatic heterocycles. The molecular weight excluding hydrogens is 182 g/mol. The standard InChI is InChI=1S/C10H21NO3/c1-11(6-4-3-5-7-12)8-10(13)9-14-2/h12H,3-9H2,1-2H3. The summed E-state index contributed by atoms with van der Waals surface area (Å²) in [5, 5.41) is 8.56. The Morgan fingerprint density at radius 3 is 2.64 bits per heavy atom. The van der Waals surface area contributed by atoms with E-state index in [1.54, 1.807) is 0 Å². The molecule has 14 heavy (non-hydrogen) atoms. The van der Waals surface area contributed by atoms with E-state index in [2.05, 4.69) is 0 Å². The third-order valence-electron chi connectivity index (χ3n) is 1.95. The molecule has 1 N–H and O–H groups in total. The van der Waals surface area contributed by atoms with E-state index in [9.17, 15) is 4.79 Å². The van der Waals surface area contributed by atoms with Crippen molar-refractivity contribution in [3.8, 4) is 0 Å². The van der Waals surface area contributed by atoms with Crippen LogP contribution in [-0.4, -0.2) is 56.3 Å². The number of likely N-dealkylation sites (N-methyl/N-ethyl adjacent to an activating group) is 1. The van der Waals surface area contributed by atoms with Crippen molar-refractivity contribution in [2.45, 2.75) is 19.3 Å². The highest BCUT2D eigenvalue weighted by Crippen LogP contribution is 1.96. The second kappa shape index (κ2) is 9.12. The molecule has 4 heteroatoms. The Kier molecular flexibility index (Phi) is 8.83. The molecule has 0 atom stereocenters. The third-order valence-corrected chi connectivity index (χ3v) is 1.95. The summed E-state index contributed by atoms with van der Waals surface area (Å²) in [5.41, 5.74) is 0. The molecule has 0 saturated heterocycles. The molecule has 0 aromatic carbocycles. The van der Waals surface area contributed by atoms with Crippen LogP contribution >= 0.6 is 0 Å². The van der Waals surface area contributed by atoms with Crippen LogP contribution in [0.3, 0.4) is 0 Å². The zero-order valence-electron chi connectivity index (χ0n) is 9.16. The van der Waals surface area contributed by atoms with Crippen molar-refractivity contribution in [2.24, 2.45) is 0 Å². The fourth-order valence-corrected chi connectivity index (χ4v) is 1.26. The molecule has 0 aliphatic carbocycles. The number of methoxy groups -OCH3 is 1. The number of nitrogens with zero attached hydrogens (tertiary/aromatic N) is 1. The van der Waals surface area contributed by atoms with Gasteiger partial charge in [0.25, 0.3) is 0 Å². The topological polar surface area (TPSA) is 49.8 Å². The maximum atomic E-state index is 11.1. The van der Waals surface area contributed by atoms with Crippen molar-refractivity contribution < 1.29 is 14.6 Å². The lowest BCUT2D eigenvalue weighted by Crippen LogP contribution is -2.29. The molecule has 84 valence electrons. The first-order valence-electron chi connectivity index (χ1n) is 5.00. The van der Waals surface area contributed by atoms with E-state index in [0.29, 0.717) is 6.54 Å². The van der Waals surface area contributed by atoms with Gasteiger partial charge in [0.2, 0.25) is 0 Å². The number of aliphatic hydroxyl groups excluding tert-OH is 1. The minimum Gasteiger partial charge on any atom is -0.396 e. The van der Waals surface area contributed by atoms with Crippen molar-refractivity contribution in [2.75, 3.05) is 40.5 Å². The summed E-state index contributed by atoms with van der Waals surface area (Å²) in [7, 11) is 3.45. The number of unbranched alkanes of at least 4 members (excludes halogenated alkanes) is 2. The fourth-order valence-electron chi connectivity index (χ4n) is 1.26. The number of hydrogen-bond donors (Lipinski definition) is 1. The zero-order valence-corrected chi connectivity index (χ0v) is 9.16. The number of ketones is 1. The minimum absolute atomic E-state index is 0.108. The van der Waals surface area contributed by atoms with Gasteiger partial charge in [-0.25, -0.2) is 0 Å². The summed E-state index contributed by atoms with van der Waals surface area (Å²) in [6.45, 7) is 1.80. The fraction of sp³-hybridized carbons (Fsp3) is 0.900. The molecule has 0 spiro atoms. The van der Waals surface area contributed by atoms with E-state index in [1.165, 1.54) is 7.11 Å². The molecule has 0 aliphatic rings. The largest absolute Gasteiger partial charge is 0.396 e. The van der Waals surface area contributed by atoms with Gasteiger partial charge in [0, 0.05) is 13.7 Å². The van der Waals surface area contributed by atoms with E-state index in [4.69, 9.17) is 9.84 Å². The summed E-state index contributed by atoms with van der Waals surface area (Å²) in [6, 6.07) is 0. The normalized spacial score (nSPS) is 10.9. The van der Waals surface area contributed by atoms with Crippen LogP contribution in [0.15, 0.2) is 0 Å². The number of rotatable bonds is 9. The summed E-state index contributed by atoms with van der Waals surface area (Å²) < 4.78 is 4.74. The van der Waals surface area contributed by atoms with Crippen molar-refractivity contribution in [3.63, 3.8) is 0 Å². The monoisotopic (exact) mass is 203 g/mol. The average Bonchev–Trinajstić information content (AvgIpc) is 2.13. The Hall–Kier alpha value is -0.450. The molecule has 0 aromatic heterocycles. The molecule has 0 saturated carbocycles. The molecule has 0 heterocycles. The molecule has 0 rings (SSSR count). The van der Waals surface area contributed by atoms with Crippen LogP contribution < -0.4 is 0 Å². The summed E-state index contributed by atoms with van der Waals surface area (Å²) >= 11 is 0. The van der Waals surface area contributed by atoms with Crippen molar-refractivity contribution in [3.05, 3.63) is 0 Å². The number of ether oxygens (including phenoxy) is 1. The van der Waals surface area contributed by atoms with Crippen molar-refractivity contribution >= 4 is 5.78 Å². The van der Waals surface area contributed by atoms with E-state index in [1.807, 2.05) is 11.9 Å².